The van der Waals surface area contributed by atoms with E-state index in [1.807, 2.05) is 12.1 Å². The van der Waals surface area contributed by atoms with Gasteiger partial charge in [-0.1, -0.05) is 41.3 Å². The van der Waals surface area contributed by atoms with E-state index in [-0.39, 0.29) is 29.9 Å². The molecule has 1 aliphatic rings. The maximum absolute atomic E-state index is 12.0. The van der Waals surface area contributed by atoms with Crippen molar-refractivity contribution in [3.63, 3.8) is 0 Å². The van der Waals surface area contributed by atoms with Crippen molar-refractivity contribution in [3.05, 3.63) is 34.3 Å². The van der Waals surface area contributed by atoms with Crippen LogP contribution in [0.15, 0.2) is 33.7 Å². The summed E-state index contributed by atoms with van der Waals surface area (Å²) < 4.78 is 0.899. The van der Waals surface area contributed by atoms with Gasteiger partial charge in [0.1, 0.15) is 0 Å². The fourth-order valence-electron chi connectivity index (χ4n) is 2.71. The van der Waals surface area contributed by atoms with Crippen LogP contribution in [0.25, 0.3) is 0 Å². The first kappa shape index (κ1) is 21.2. The lowest BCUT2D eigenvalue weighted by molar-refractivity contribution is 0.0953. The number of rotatable bonds is 6. The van der Waals surface area contributed by atoms with E-state index in [4.69, 9.17) is 5.73 Å². The number of carbonyl (C=O) groups is 1. The minimum absolute atomic E-state index is 0. The third-order valence-corrected chi connectivity index (χ3v) is 4.44. The highest BCUT2D eigenvalue weighted by Gasteiger charge is 2.13. The van der Waals surface area contributed by atoms with Crippen LogP contribution in [0.1, 0.15) is 48.9 Å². The lowest BCUT2D eigenvalue weighted by Crippen LogP contribution is -2.41. The Morgan fingerprint density at radius 3 is 2.75 bits per heavy atom. The molecule has 7 heteroatoms. The molecule has 0 aromatic heterocycles. The molecule has 0 heterocycles. The van der Waals surface area contributed by atoms with E-state index in [0.29, 0.717) is 30.7 Å². The minimum atomic E-state index is -0.0661. The molecule has 0 saturated heterocycles. The van der Waals surface area contributed by atoms with Crippen LogP contribution in [0.2, 0.25) is 0 Å². The molecule has 1 saturated carbocycles. The molecule has 1 amide bonds. The number of carbonyl (C=O) groups excluding carboxylic acids is 1. The second kappa shape index (κ2) is 11.7. The van der Waals surface area contributed by atoms with Gasteiger partial charge in [0.05, 0.1) is 0 Å². The molecule has 0 aliphatic heterocycles. The maximum atomic E-state index is 12.0. The number of guanidine groups is 1. The van der Waals surface area contributed by atoms with Crippen molar-refractivity contribution >= 4 is 51.8 Å². The van der Waals surface area contributed by atoms with Crippen molar-refractivity contribution in [1.82, 2.24) is 10.6 Å². The summed E-state index contributed by atoms with van der Waals surface area (Å²) in [7, 11) is 0. The summed E-state index contributed by atoms with van der Waals surface area (Å²) in [5.41, 5.74) is 6.55. The van der Waals surface area contributed by atoms with Gasteiger partial charge >= 0.3 is 0 Å². The summed E-state index contributed by atoms with van der Waals surface area (Å²) in [4.78, 5) is 16.3. The molecular weight excluding hydrogens is 483 g/mol. The summed E-state index contributed by atoms with van der Waals surface area (Å²) in [6.45, 7) is 1.20. The van der Waals surface area contributed by atoms with Crippen LogP contribution < -0.4 is 16.4 Å². The number of nitrogens with two attached hydrogens (primary N) is 1. The molecule has 2 rings (SSSR count). The Bertz CT molecular complexity index is 547. The van der Waals surface area contributed by atoms with Gasteiger partial charge < -0.3 is 16.4 Å². The number of halogens is 2. The molecule has 1 aromatic rings. The lowest BCUT2D eigenvalue weighted by atomic mass is 9.96. The normalized spacial score (nSPS) is 15.5. The van der Waals surface area contributed by atoms with Crippen LogP contribution in [0, 0.1) is 0 Å². The Morgan fingerprint density at radius 2 is 2.04 bits per heavy atom. The Morgan fingerprint density at radius 1 is 1.29 bits per heavy atom. The van der Waals surface area contributed by atoms with E-state index < -0.39 is 0 Å². The number of hydrogen-bond acceptors (Lipinski definition) is 2. The fourth-order valence-corrected chi connectivity index (χ4v) is 3.11. The van der Waals surface area contributed by atoms with E-state index in [1.165, 1.54) is 32.1 Å². The van der Waals surface area contributed by atoms with Gasteiger partial charge in [0.2, 0.25) is 0 Å². The van der Waals surface area contributed by atoms with Crippen LogP contribution >= 0.6 is 39.9 Å². The Hall–Kier alpha value is -0.830. The quantitative estimate of drug-likeness (QED) is 0.238. The molecule has 0 unspecified atom stereocenters. The van der Waals surface area contributed by atoms with Gasteiger partial charge in [-0.3, -0.25) is 9.79 Å². The highest BCUT2D eigenvalue weighted by molar-refractivity contribution is 14.0. The third kappa shape index (κ3) is 7.83. The fraction of sp³-hybridized carbons (Fsp3) is 0.529. The summed E-state index contributed by atoms with van der Waals surface area (Å²) in [6, 6.07) is 7.82. The number of hydrogen-bond donors (Lipinski definition) is 3. The summed E-state index contributed by atoms with van der Waals surface area (Å²) in [6.07, 6.45) is 7.00. The summed E-state index contributed by atoms with van der Waals surface area (Å²) in [5.74, 6) is 0.457. The summed E-state index contributed by atoms with van der Waals surface area (Å²) >= 11 is 3.36. The van der Waals surface area contributed by atoms with Gasteiger partial charge in [-0.25, -0.2) is 0 Å². The van der Waals surface area contributed by atoms with Gasteiger partial charge in [-0.15, -0.1) is 24.0 Å². The van der Waals surface area contributed by atoms with Gasteiger partial charge in [-0.05, 0) is 37.5 Å². The average Bonchev–Trinajstić information content (AvgIpc) is 2.55. The zero-order chi connectivity index (χ0) is 16.5. The predicted octanol–water partition coefficient (Wildman–Crippen LogP) is 3.42. The Labute approximate surface area is 169 Å². The molecule has 0 bridgehead atoms. The van der Waals surface area contributed by atoms with E-state index in [1.54, 1.807) is 12.1 Å². The van der Waals surface area contributed by atoms with Crippen molar-refractivity contribution in [2.24, 2.45) is 10.7 Å². The molecule has 134 valence electrons. The molecule has 5 nitrogen and oxygen atoms in total. The van der Waals surface area contributed by atoms with E-state index in [2.05, 4.69) is 31.6 Å². The Balaban J connectivity index is 0.00000288. The zero-order valence-corrected chi connectivity index (χ0v) is 17.7. The second-order valence-corrected chi connectivity index (χ2v) is 6.78. The molecule has 4 N–H and O–H groups in total. The number of benzene rings is 1. The van der Waals surface area contributed by atoms with Crippen molar-refractivity contribution in [2.75, 3.05) is 13.1 Å². The first-order valence-corrected chi connectivity index (χ1v) is 9.04. The van der Waals surface area contributed by atoms with Crippen molar-refractivity contribution < 1.29 is 4.79 Å². The van der Waals surface area contributed by atoms with Crippen molar-refractivity contribution in [1.29, 1.82) is 0 Å². The molecule has 0 spiro atoms. The second-order valence-electron chi connectivity index (χ2n) is 5.87. The molecule has 1 fully saturated rings. The van der Waals surface area contributed by atoms with E-state index in [0.717, 1.165) is 10.9 Å². The topological polar surface area (TPSA) is 79.5 Å². The van der Waals surface area contributed by atoms with Gasteiger partial charge in [0.15, 0.2) is 5.96 Å². The van der Waals surface area contributed by atoms with Crippen LogP contribution in [-0.2, 0) is 0 Å². The molecule has 24 heavy (non-hydrogen) atoms. The van der Waals surface area contributed by atoms with Gasteiger partial charge in [0.25, 0.3) is 5.91 Å². The summed E-state index contributed by atoms with van der Waals surface area (Å²) in [5, 5.41) is 6.18. The average molecular weight is 509 g/mol. The van der Waals surface area contributed by atoms with Crippen molar-refractivity contribution in [3.8, 4) is 0 Å². The third-order valence-electron chi connectivity index (χ3n) is 3.95. The van der Waals surface area contributed by atoms with Crippen LogP contribution in [-0.4, -0.2) is 31.0 Å². The zero-order valence-electron chi connectivity index (χ0n) is 13.8. The molecule has 1 aliphatic carbocycles. The number of aliphatic imine (C=N–C) groups is 1. The minimum Gasteiger partial charge on any atom is -0.370 e. The van der Waals surface area contributed by atoms with Gasteiger partial charge in [0, 0.05) is 29.2 Å². The number of amides is 1. The number of nitrogens with one attached hydrogen (secondary N) is 2. The van der Waals surface area contributed by atoms with Gasteiger partial charge in [-0.2, -0.15) is 0 Å². The van der Waals surface area contributed by atoms with Crippen LogP contribution in [0.5, 0.6) is 0 Å². The first-order valence-electron chi connectivity index (χ1n) is 8.25. The molecule has 1 aromatic carbocycles. The van der Waals surface area contributed by atoms with E-state index >= 15 is 0 Å². The smallest absolute Gasteiger partial charge is 0.251 e. The predicted molar refractivity (Wildman–Crippen MR) is 113 cm³/mol. The highest BCUT2D eigenvalue weighted by Crippen LogP contribution is 2.17. The SMILES string of the molecule is I.NC(=NCCCNC(=O)c1cccc(Br)c1)NC1CCCCC1. The first-order chi connectivity index (χ1) is 11.1. The largest absolute Gasteiger partial charge is 0.370 e. The Kier molecular flexibility index (Phi) is 10.3. The number of nitrogens with zero attached hydrogens (tertiary/aromatic N) is 1. The van der Waals surface area contributed by atoms with E-state index in [9.17, 15) is 4.79 Å². The molecule has 0 radical (unpaired) electrons. The highest BCUT2D eigenvalue weighted by atomic mass is 127. The standard InChI is InChI=1S/C17H25BrN4O.HI/c18-14-7-4-6-13(12-14)16(23)20-10-5-11-21-17(19)22-15-8-2-1-3-9-15;/h4,6-7,12,15H,1-3,5,8-11H2,(H,20,23)(H3,19,21,22);1H. The molecular formula is C17H26BrIN4O. The van der Waals surface area contributed by atoms with Crippen LogP contribution in [0.3, 0.4) is 0 Å². The molecule has 0 atom stereocenters. The maximum Gasteiger partial charge on any atom is 0.251 e. The lowest BCUT2D eigenvalue weighted by Gasteiger charge is -2.23. The van der Waals surface area contributed by atoms with Crippen molar-refractivity contribution in [2.45, 2.75) is 44.6 Å². The van der Waals surface area contributed by atoms with Crippen LogP contribution in [0.4, 0.5) is 0 Å². The monoisotopic (exact) mass is 508 g/mol.